The Kier molecular flexibility index (Phi) is 3.04. The second-order valence-electron chi connectivity index (χ2n) is 5.71. The summed E-state index contributed by atoms with van der Waals surface area (Å²) in [5, 5.41) is 0. The summed E-state index contributed by atoms with van der Waals surface area (Å²) in [5.41, 5.74) is 8.83. The highest BCUT2D eigenvalue weighted by Gasteiger charge is 2.40. The molecule has 1 aromatic carbocycles. The number of nitrogens with two attached hydrogens (primary N) is 1. The lowest BCUT2D eigenvalue weighted by atomic mass is 9.74. The van der Waals surface area contributed by atoms with Gasteiger partial charge in [0.2, 0.25) is 0 Å². The monoisotopic (exact) mass is 247 g/mol. The number of hydrogen-bond acceptors (Lipinski definition) is 3. The van der Waals surface area contributed by atoms with Crippen molar-refractivity contribution >= 4 is 0 Å². The molecule has 2 aliphatic heterocycles. The van der Waals surface area contributed by atoms with Crippen LogP contribution in [0.2, 0.25) is 0 Å². The van der Waals surface area contributed by atoms with Gasteiger partial charge >= 0.3 is 0 Å². The van der Waals surface area contributed by atoms with E-state index in [4.69, 9.17) is 15.2 Å². The number of ether oxygens (including phenoxy) is 2. The molecule has 0 amide bonds. The second kappa shape index (κ2) is 4.56. The molecule has 1 aromatic rings. The van der Waals surface area contributed by atoms with Crippen LogP contribution in [-0.2, 0) is 16.6 Å². The van der Waals surface area contributed by atoms with E-state index in [1.807, 2.05) is 0 Å². The van der Waals surface area contributed by atoms with E-state index >= 15 is 0 Å². The van der Waals surface area contributed by atoms with E-state index in [0.717, 1.165) is 44.8 Å². The third-order valence-corrected chi connectivity index (χ3v) is 4.14. The fourth-order valence-corrected chi connectivity index (χ4v) is 2.82. The standard InChI is InChI=1S/C15H21NO2/c1-11(16)4-6-15(9-17-10-15)13-2-3-14-12(8-13)5-7-18-14/h2-3,8,11H,4-7,9-10,16H2,1H3. The topological polar surface area (TPSA) is 44.5 Å². The Morgan fingerprint density at radius 1 is 1.39 bits per heavy atom. The Hall–Kier alpha value is -1.06. The first-order valence-electron chi connectivity index (χ1n) is 6.79. The van der Waals surface area contributed by atoms with Crippen molar-refractivity contribution in [3.63, 3.8) is 0 Å². The van der Waals surface area contributed by atoms with Gasteiger partial charge in [-0.25, -0.2) is 0 Å². The van der Waals surface area contributed by atoms with Crippen molar-refractivity contribution in [2.45, 2.75) is 37.6 Å². The molecular weight excluding hydrogens is 226 g/mol. The quantitative estimate of drug-likeness (QED) is 0.885. The van der Waals surface area contributed by atoms with Gasteiger partial charge < -0.3 is 15.2 Å². The Balaban J connectivity index is 1.83. The molecule has 98 valence electrons. The van der Waals surface area contributed by atoms with Gasteiger partial charge in [-0.2, -0.15) is 0 Å². The number of benzene rings is 1. The van der Waals surface area contributed by atoms with Gasteiger partial charge in [0.05, 0.1) is 19.8 Å². The summed E-state index contributed by atoms with van der Waals surface area (Å²) in [4.78, 5) is 0. The zero-order chi connectivity index (χ0) is 12.6. The molecule has 0 saturated carbocycles. The van der Waals surface area contributed by atoms with E-state index in [9.17, 15) is 0 Å². The summed E-state index contributed by atoms with van der Waals surface area (Å²) in [5.74, 6) is 1.06. The Bertz CT molecular complexity index is 438. The molecule has 0 radical (unpaired) electrons. The van der Waals surface area contributed by atoms with Gasteiger partial charge in [-0.1, -0.05) is 12.1 Å². The molecule has 2 heterocycles. The summed E-state index contributed by atoms with van der Waals surface area (Å²) in [6, 6.07) is 6.89. The van der Waals surface area contributed by atoms with Gasteiger partial charge in [-0.15, -0.1) is 0 Å². The van der Waals surface area contributed by atoms with Crippen LogP contribution in [0.4, 0.5) is 0 Å². The molecule has 18 heavy (non-hydrogen) atoms. The Labute approximate surface area is 108 Å². The van der Waals surface area contributed by atoms with E-state index in [2.05, 4.69) is 25.1 Å². The second-order valence-corrected chi connectivity index (χ2v) is 5.71. The molecular formula is C15H21NO2. The predicted molar refractivity (Wildman–Crippen MR) is 71.0 cm³/mol. The van der Waals surface area contributed by atoms with Crippen molar-refractivity contribution in [1.82, 2.24) is 0 Å². The van der Waals surface area contributed by atoms with Crippen LogP contribution in [0, 0.1) is 0 Å². The summed E-state index contributed by atoms with van der Waals surface area (Å²) < 4.78 is 11.0. The van der Waals surface area contributed by atoms with Crippen LogP contribution < -0.4 is 10.5 Å². The minimum Gasteiger partial charge on any atom is -0.493 e. The van der Waals surface area contributed by atoms with Gasteiger partial charge in [-0.3, -0.25) is 0 Å². The van der Waals surface area contributed by atoms with Crippen LogP contribution in [0.1, 0.15) is 30.9 Å². The van der Waals surface area contributed by atoms with Gasteiger partial charge in [0, 0.05) is 17.9 Å². The number of hydrogen-bond donors (Lipinski definition) is 1. The summed E-state index contributed by atoms with van der Waals surface area (Å²) in [6.07, 6.45) is 3.20. The lowest BCUT2D eigenvalue weighted by molar-refractivity contribution is -0.0657. The molecule has 2 N–H and O–H groups in total. The van der Waals surface area contributed by atoms with Crippen LogP contribution in [0.3, 0.4) is 0 Å². The van der Waals surface area contributed by atoms with Gasteiger partial charge in [0.1, 0.15) is 5.75 Å². The molecule has 0 spiro atoms. The number of rotatable bonds is 4. The zero-order valence-electron chi connectivity index (χ0n) is 10.9. The van der Waals surface area contributed by atoms with E-state index in [1.54, 1.807) is 0 Å². The van der Waals surface area contributed by atoms with Crippen LogP contribution in [0.25, 0.3) is 0 Å². The summed E-state index contributed by atoms with van der Waals surface area (Å²) in [6.45, 7) is 4.56. The predicted octanol–water partition coefficient (Wildman–Crippen LogP) is 2.02. The minimum absolute atomic E-state index is 0.200. The maximum atomic E-state index is 5.89. The summed E-state index contributed by atoms with van der Waals surface area (Å²) >= 11 is 0. The molecule has 3 nitrogen and oxygen atoms in total. The average Bonchev–Trinajstić information content (AvgIpc) is 2.74. The molecule has 0 bridgehead atoms. The average molecular weight is 247 g/mol. The highest BCUT2D eigenvalue weighted by atomic mass is 16.5. The normalized spacial score (nSPS) is 21.9. The van der Waals surface area contributed by atoms with Crippen molar-refractivity contribution in [3.05, 3.63) is 29.3 Å². The van der Waals surface area contributed by atoms with Crippen molar-refractivity contribution in [2.75, 3.05) is 19.8 Å². The zero-order valence-corrected chi connectivity index (χ0v) is 10.9. The lowest BCUT2D eigenvalue weighted by Gasteiger charge is -2.42. The molecule has 3 heteroatoms. The van der Waals surface area contributed by atoms with Crippen LogP contribution in [0.15, 0.2) is 18.2 Å². The Morgan fingerprint density at radius 3 is 2.89 bits per heavy atom. The van der Waals surface area contributed by atoms with Gasteiger partial charge in [0.25, 0.3) is 0 Å². The highest BCUT2D eigenvalue weighted by molar-refractivity contribution is 5.43. The molecule has 3 rings (SSSR count). The fourth-order valence-electron chi connectivity index (χ4n) is 2.82. The van der Waals surface area contributed by atoms with E-state index in [-0.39, 0.29) is 11.5 Å². The van der Waals surface area contributed by atoms with Crippen molar-refractivity contribution in [2.24, 2.45) is 5.73 Å². The number of fused-ring (bicyclic) bond motifs is 1. The third-order valence-electron chi connectivity index (χ3n) is 4.14. The van der Waals surface area contributed by atoms with Crippen molar-refractivity contribution in [1.29, 1.82) is 0 Å². The van der Waals surface area contributed by atoms with Gasteiger partial charge in [-0.05, 0) is 37.0 Å². The first-order chi connectivity index (χ1) is 8.70. The minimum atomic E-state index is 0.200. The molecule has 1 unspecified atom stereocenters. The third kappa shape index (κ3) is 2.02. The Morgan fingerprint density at radius 2 is 2.22 bits per heavy atom. The maximum absolute atomic E-state index is 5.89. The molecule has 0 aromatic heterocycles. The fraction of sp³-hybridized carbons (Fsp3) is 0.600. The van der Waals surface area contributed by atoms with Crippen LogP contribution in [-0.4, -0.2) is 25.9 Å². The molecule has 1 fully saturated rings. The SMILES string of the molecule is CC(N)CCC1(c2ccc3c(c2)CCO3)COC1. The molecule has 1 atom stereocenters. The maximum Gasteiger partial charge on any atom is 0.122 e. The van der Waals surface area contributed by atoms with E-state index in [1.165, 1.54) is 11.1 Å². The molecule has 2 aliphatic rings. The van der Waals surface area contributed by atoms with E-state index < -0.39 is 0 Å². The molecule has 1 saturated heterocycles. The molecule has 0 aliphatic carbocycles. The van der Waals surface area contributed by atoms with Crippen LogP contribution in [0.5, 0.6) is 5.75 Å². The van der Waals surface area contributed by atoms with Crippen LogP contribution >= 0.6 is 0 Å². The smallest absolute Gasteiger partial charge is 0.122 e. The largest absolute Gasteiger partial charge is 0.493 e. The first kappa shape index (κ1) is 12.0. The van der Waals surface area contributed by atoms with Gasteiger partial charge in [0.15, 0.2) is 0 Å². The van der Waals surface area contributed by atoms with Crippen molar-refractivity contribution < 1.29 is 9.47 Å². The highest BCUT2D eigenvalue weighted by Crippen LogP contribution is 2.39. The van der Waals surface area contributed by atoms with E-state index in [0.29, 0.717) is 0 Å². The summed E-state index contributed by atoms with van der Waals surface area (Å²) in [7, 11) is 0. The first-order valence-corrected chi connectivity index (χ1v) is 6.79. The lowest BCUT2D eigenvalue weighted by Crippen LogP contribution is -2.47. The van der Waals surface area contributed by atoms with Crippen molar-refractivity contribution in [3.8, 4) is 5.75 Å².